The average molecular weight is 665 g/mol. The molecule has 0 aliphatic carbocycles. The van der Waals surface area contributed by atoms with Crippen molar-refractivity contribution in [1.82, 2.24) is 9.97 Å². The van der Waals surface area contributed by atoms with Crippen LogP contribution in [0.25, 0.3) is 0 Å². The molecule has 0 spiro atoms. The monoisotopic (exact) mass is 664 g/mol. The predicted molar refractivity (Wildman–Crippen MR) is 164 cm³/mol. The molecular weight excluding hydrogens is 616 g/mol. The molecule has 0 aliphatic rings. The molecule has 0 saturated carbocycles. The maximum absolute atomic E-state index is 12.8. The lowest BCUT2D eigenvalue weighted by Gasteiger charge is -2.32. The lowest BCUT2D eigenvalue weighted by molar-refractivity contribution is -0.187. The molecule has 14 nitrogen and oxygen atoms in total. The van der Waals surface area contributed by atoms with Crippen molar-refractivity contribution in [2.24, 2.45) is 0 Å². The van der Waals surface area contributed by atoms with E-state index in [1.54, 1.807) is 27.7 Å². The van der Waals surface area contributed by atoms with Crippen LogP contribution >= 0.6 is 0 Å². The van der Waals surface area contributed by atoms with Crippen molar-refractivity contribution in [2.45, 2.75) is 143 Å². The number of hydrogen-bond donors (Lipinski definition) is 0. The van der Waals surface area contributed by atoms with E-state index in [1.165, 1.54) is 25.8 Å². The molecule has 2 aromatic heterocycles. The number of rotatable bonds is 22. The Kier molecular flexibility index (Phi) is 17.2. The van der Waals surface area contributed by atoms with Gasteiger partial charge in [-0.05, 0) is 13.3 Å². The van der Waals surface area contributed by atoms with Crippen LogP contribution < -0.4 is 0 Å². The van der Waals surface area contributed by atoms with E-state index in [2.05, 4.69) is 16.9 Å². The fraction of sp³-hybridized carbons (Fsp3) is 0.667. The molecule has 0 N–H and O–H groups in total. The van der Waals surface area contributed by atoms with Crippen LogP contribution in [0.2, 0.25) is 0 Å². The van der Waals surface area contributed by atoms with E-state index in [4.69, 9.17) is 32.5 Å². The van der Waals surface area contributed by atoms with Crippen molar-refractivity contribution in [1.29, 1.82) is 0 Å². The van der Waals surface area contributed by atoms with Gasteiger partial charge >= 0.3 is 29.8 Å². The van der Waals surface area contributed by atoms with Crippen LogP contribution in [0.5, 0.6) is 0 Å². The third-order valence-electron chi connectivity index (χ3n) is 7.11. The van der Waals surface area contributed by atoms with Gasteiger partial charge in [0.05, 0.1) is 6.20 Å². The van der Waals surface area contributed by atoms with Gasteiger partial charge in [-0.15, -0.1) is 0 Å². The molecule has 0 saturated heterocycles. The molecule has 47 heavy (non-hydrogen) atoms. The molecule has 14 heteroatoms. The van der Waals surface area contributed by atoms with Crippen LogP contribution in [0, 0.1) is 0 Å². The fourth-order valence-corrected chi connectivity index (χ4v) is 4.47. The maximum Gasteiger partial charge on any atom is 0.307 e. The highest BCUT2D eigenvalue weighted by Gasteiger charge is 2.39. The first-order chi connectivity index (χ1) is 22.6. The van der Waals surface area contributed by atoms with Gasteiger partial charge in [0.1, 0.15) is 24.2 Å². The Labute approximate surface area is 275 Å². The van der Waals surface area contributed by atoms with Crippen molar-refractivity contribution in [3.05, 3.63) is 36.2 Å². The molecule has 2 heterocycles. The van der Waals surface area contributed by atoms with Crippen molar-refractivity contribution in [3.63, 3.8) is 0 Å². The standard InChI is InChI=1S/C33H48N2O12/c1-7-12-13-14-15-16-30(40)47-32(25-18-34-20-42-25)33-35-22(19-41-33)23(44-27(37)9-3)17-24(45-28(38)10-4)31(46-29(39)11-5)21(6)43-26(36)8-2/h18-21,23-24,31-32H,7-17H2,1-6H3. The Morgan fingerprint density at radius 1 is 0.723 bits per heavy atom. The van der Waals surface area contributed by atoms with Gasteiger partial charge in [0.25, 0.3) is 0 Å². The van der Waals surface area contributed by atoms with Crippen LogP contribution in [0.1, 0.15) is 142 Å². The third kappa shape index (κ3) is 13.2. The minimum atomic E-state index is -1.25. The van der Waals surface area contributed by atoms with Crippen LogP contribution in [0.3, 0.4) is 0 Å². The number of ether oxygens (including phenoxy) is 5. The van der Waals surface area contributed by atoms with Crippen LogP contribution in [-0.4, -0.2) is 58.1 Å². The van der Waals surface area contributed by atoms with Crippen molar-refractivity contribution in [3.8, 4) is 0 Å². The van der Waals surface area contributed by atoms with E-state index < -0.39 is 60.4 Å². The van der Waals surface area contributed by atoms with E-state index in [-0.39, 0.29) is 55.9 Å². The highest BCUT2D eigenvalue weighted by atomic mass is 16.6. The average Bonchev–Trinajstić information content (AvgIpc) is 3.78. The Bertz CT molecular complexity index is 1260. The molecule has 0 aromatic carbocycles. The lowest BCUT2D eigenvalue weighted by Crippen LogP contribution is -2.45. The minimum absolute atomic E-state index is 0.000763. The first-order valence-electron chi connectivity index (χ1n) is 16.4. The molecule has 0 bridgehead atoms. The maximum atomic E-state index is 12.8. The molecule has 262 valence electrons. The number of nitrogens with zero attached hydrogens (tertiary/aromatic N) is 2. The van der Waals surface area contributed by atoms with Gasteiger partial charge in [0, 0.05) is 38.5 Å². The number of carbonyl (C=O) groups is 5. The molecule has 0 amide bonds. The fourth-order valence-electron chi connectivity index (χ4n) is 4.47. The second-order valence-corrected chi connectivity index (χ2v) is 10.9. The Morgan fingerprint density at radius 2 is 1.34 bits per heavy atom. The summed E-state index contributed by atoms with van der Waals surface area (Å²) in [6, 6.07) is 0. The quantitative estimate of drug-likeness (QED) is 0.0808. The van der Waals surface area contributed by atoms with Gasteiger partial charge in [0.2, 0.25) is 12.0 Å². The first kappa shape index (κ1) is 39.0. The molecule has 0 aliphatic heterocycles. The van der Waals surface area contributed by atoms with Crippen LogP contribution in [0.15, 0.2) is 27.7 Å². The summed E-state index contributed by atoms with van der Waals surface area (Å²) >= 11 is 0. The smallest absolute Gasteiger partial charge is 0.307 e. The molecule has 0 fully saturated rings. The Morgan fingerprint density at radius 3 is 1.96 bits per heavy atom. The Balaban J connectivity index is 2.44. The molecule has 2 aromatic rings. The second-order valence-electron chi connectivity index (χ2n) is 10.9. The van der Waals surface area contributed by atoms with Crippen molar-refractivity contribution >= 4 is 29.8 Å². The van der Waals surface area contributed by atoms with Crippen molar-refractivity contribution in [2.75, 3.05) is 0 Å². The van der Waals surface area contributed by atoms with E-state index in [0.717, 1.165) is 25.7 Å². The third-order valence-corrected chi connectivity index (χ3v) is 7.11. The number of oxazole rings is 2. The zero-order valence-corrected chi connectivity index (χ0v) is 28.2. The summed E-state index contributed by atoms with van der Waals surface area (Å²) in [4.78, 5) is 70.9. The minimum Gasteiger partial charge on any atom is -0.459 e. The summed E-state index contributed by atoms with van der Waals surface area (Å²) in [6.45, 7) is 9.99. The molecule has 5 unspecified atom stereocenters. The van der Waals surface area contributed by atoms with Gasteiger partial charge in [-0.3, -0.25) is 24.0 Å². The number of unbranched alkanes of at least 4 members (excludes halogenated alkanes) is 4. The van der Waals surface area contributed by atoms with E-state index in [9.17, 15) is 24.0 Å². The normalized spacial score (nSPS) is 14.3. The molecule has 5 atom stereocenters. The summed E-state index contributed by atoms with van der Waals surface area (Å²) in [6.07, 6.45) is 2.61. The number of esters is 5. The predicted octanol–water partition coefficient (Wildman–Crippen LogP) is 6.03. The van der Waals surface area contributed by atoms with Crippen LogP contribution in [0.4, 0.5) is 0 Å². The Hall–Kier alpha value is -4.23. The summed E-state index contributed by atoms with van der Waals surface area (Å²) in [5, 5.41) is 0. The van der Waals surface area contributed by atoms with Gasteiger partial charge < -0.3 is 32.5 Å². The number of hydrogen-bond acceptors (Lipinski definition) is 14. The summed E-state index contributed by atoms with van der Waals surface area (Å²) < 4.78 is 39.3. The van der Waals surface area contributed by atoms with Gasteiger partial charge in [-0.25, -0.2) is 9.97 Å². The highest BCUT2D eigenvalue weighted by Crippen LogP contribution is 2.32. The van der Waals surface area contributed by atoms with Crippen molar-refractivity contribution < 1.29 is 56.5 Å². The zero-order chi connectivity index (χ0) is 34.8. The molecule has 2 rings (SSSR count). The summed E-state index contributed by atoms with van der Waals surface area (Å²) in [7, 11) is 0. The van der Waals surface area contributed by atoms with Gasteiger partial charge in [-0.2, -0.15) is 0 Å². The summed E-state index contributed by atoms with van der Waals surface area (Å²) in [5.41, 5.74) is 0.0956. The van der Waals surface area contributed by atoms with Crippen LogP contribution in [-0.2, 0) is 47.7 Å². The van der Waals surface area contributed by atoms with Gasteiger partial charge in [-0.1, -0.05) is 60.3 Å². The zero-order valence-electron chi connectivity index (χ0n) is 28.2. The number of aromatic nitrogens is 2. The van der Waals surface area contributed by atoms with Gasteiger partial charge in [0.15, 0.2) is 24.4 Å². The van der Waals surface area contributed by atoms with E-state index in [1.807, 2.05) is 0 Å². The number of carbonyl (C=O) groups excluding carboxylic acids is 5. The highest BCUT2D eigenvalue weighted by molar-refractivity contribution is 5.71. The van der Waals surface area contributed by atoms with E-state index in [0.29, 0.717) is 6.42 Å². The largest absolute Gasteiger partial charge is 0.459 e. The van der Waals surface area contributed by atoms with E-state index >= 15 is 0 Å². The summed E-state index contributed by atoms with van der Waals surface area (Å²) in [5.74, 6) is -2.81. The second kappa shape index (κ2) is 20.8. The first-order valence-corrected chi connectivity index (χ1v) is 16.4. The molecular formula is C33H48N2O12. The molecule has 0 radical (unpaired) electrons. The topological polar surface area (TPSA) is 184 Å². The lowest BCUT2D eigenvalue weighted by atomic mass is 10.0. The SMILES string of the molecule is CCCCCCCC(=O)OC(c1cnco1)c1nc(C(CC(OC(=O)CC)C(OC(=O)CC)C(C)OC(=O)CC)OC(=O)CC)co1.